The predicted molar refractivity (Wildman–Crippen MR) is 77.5 cm³/mol. The highest BCUT2D eigenvalue weighted by molar-refractivity contribution is 5.29. The molecule has 1 atom stereocenters. The molecule has 0 spiro atoms. The molecular formula is C16H23FN2. The molecule has 0 aliphatic heterocycles. The van der Waals surface area contributed by atoms with Crippen molar-refractivity contribution in [2.75, 3.05) is 13.1 Å². The molecule has 0 heterocycles. The average Bonchev–Trinajstić information content (AvgIpc) is 2.91. The lowest BCUT2D eigenvalue weighted by molar-refractivity contribution is 0.534. The summed E-state index contributed by atoms with van der Waals surface area (Å²) in [7, 11) is 0. The summed E-state index contributed by atoms with van der Waals surface area (Å²) >= 11 is 0. The maximum absolute atomic E-state index is 13.3. The van der Waals surface area contributed by atoms with Crippen LogP contribution in [0.25, 0.3) is 0 Å². The Kier molecular flexibility index (Phi) is 5.11. The molecule has 2 rings (SSSR count). The molecular weight excluding hydrogens is 239 g/mol. The fraction of sp³-hybridized carbons (Fsp3) is 0.500. The summed E-state index contributed by atoms with van der Waals surface area (Å²) in [5.74, 6) is -0.195. The van der Waals surface area contributed by atoms with Gasteiger partial charge in [-0.2, -0.15) is 0 Å². The van der Waals surface area contributed by atoms with Gasteiger partial charge in [0.25, 0.3) is 0 Å². The fourth-order valence-corrected chi connectivity index (χ4v) is 2.68. The molecule has 1 unspecified atom stereocenters. The summed E-state index contributed by atoms with van der Waals surface area (Å²) in [5.41, 5.74) is 9.42. The highest BCUT2D eigenvalue weighted by Gasteiger charge is 2.13. The van der Waals surface area contributed by atoms with Gasteiger partial charge in [-0.1, -0.05) is 17.7 Å². The number of nitrogens with two attached hydrogens (primary N) is 1. The van der Waals surface area contributed by atoms with E-state index in [0.717, 1.165) is 24.1 Å². The molecule has 0 aromatic heterocycles. The Morgan fingerprint density at radius 2 is 2.26 bits per heavy atom. The van der Waals surface area contributed by atoms with Gasteiger partial charge in [-0.3, -0.25) is 0 Å². The molecule has 0 saturated heterocycles. The zero-order valence-electron chi connectivity index (χ0n) is 11.6. The molecule has 3 heteroatoms. The molecule has 1 aromatic carbocycles. The minimum absolute atomic E-state index is 0.0395. The first-order chi connectivity index (χ1) is 9.20. The summed E-state index contributed by atoms with van der Waals surface area (Å²) in [6.45, 7) is 3.39. The summed E-state index contributed by atoms with van der Waals surface area (Å²) in [5, 5.41) is 3.45. The van der Waals surface area contributed by atoms with Crippen molar-refractivity contribution in [1.82, 2.24) is 5.32 Å². The SMILES string of the molecule is Cc1ccc(F)cc1C(CN)NCCC1=CCCC1. The van der Waals surface area contributed by atoms with Crippen LogP contribution in [0.3, 0.4) is 0 Å². The Balaban J connectivity index is 1.93. The van der Waals surface area contributed by atoms with Gasteiger partial charge in [0.15, 0.2) is 0 Å². The van der Waals surface area contributed by atoms with Crippen molar-refractivity contribution in [1.29, 1.82) is 0 Å². The van der Waals surface area contributed by atoms with Gasteiger partial charge in [0.2, 0.25) is 0 Å². The van der Waals surface area contributed by atoms with E-state index in [2.05, 4.69) is 11.4 Å². The monoisotopic (exact) mass is 262 g/mol. The summed E-state index contributed by atoms with van der Waals surface area (Å²) in [4.78, 5) is 0. The summed E-state index contributed by atoms with van der Waals surface area (Å²) in [6, 6.07) is 4.94. The van der Waals surface area contributed by atoms with Crippen molar-refractivity contribution in [2.45, 2.75) is 38.6 Å². The van der Waals surface area contributed by atoms with E-state index in [1.54, 1.807) is 11.6 Å². The van der Waals surface area contributed by atoms with Crippen LogP contribution in [0.2, 0.25) is 0 Å². The number of aryl methyl sites for hydroxylation is 1. The van der Waals surface area contributed by atoms with Gasteiger partial charge in [0.1, 0.15) is 5.82 Å². The van der Waals surface area contributed by atoms with Gasteiger partial charge in [-0.05, 0) is 62.4 Å². The third kappa shape index (κ3) is 3.88. The van der Waals surface area contributed by atoms with Gasteiger partial charge >= 0.3 is 0 Å². The van der Waals surface area contributed by atoms with Gasteiger partial charge < -0.3 is 11.1 Å². The third-order valence-corrected chi connectivity index (χ3v) is 3.82. The van der Waals surface area contributed by atoms with Crippen molar-refractivity contribution in [2.24, 2.45) is 5.73 Å². The van der Waals surface area contributed by atoms with E-state index in [9.17, 15) is 4.39 Å². The molecule has 1 aliphatic carbocycles. The van der Waals surface area contributed by atoms with Crippen molar-refractivity contribution >= 4 is 0 Å². The van der Waals surface area contributed by atoms with Crippen LogP contribution in [0.1, 0.15) is 42.9 Å². The second-order valence-corrected chi connectivity index (χ2v) is 5.25. The smallest absolute Gasteiger partial charge is 0.123 e. The maximum atomic E-state index is 13.3. The molecule has 0 fully saturated rings. The quantitative estimate of drug-likeness (QED) is 0.772. The van der Waals surface area contributed by atoms with Crippen LogP contribution in [0.5, 0.6) is 0 Å². The molecule has 0 saturated carbocycles. The maximum Gasteiger partial charge on any atom is 0.123 e. The Morgan fingerprint density at radius 3 is 2.95 bits per heavy atom. The van der Waals surface area contributed by atoms with Crippen molar-refractivity contribution in [3.63, 3.8) is 0 Å². The summed E-state index contributed by atoms with van der Waals surface area (Å²) < 4.78 is 13.3. The largest absolute Gasteiger partial charge is 0.329 e. The number of rotatable bonds is 6. The summed E-state index contributed by atoms with van der Waals surface area (Å²) in [6.07, 6.45) is 7.16. The molecule has 1 aromatic rings. The van der Waals surface area contributed by atoms with Gasteiger partial charge in [0, 0.05) is 12.6 Å². The van der Waals surface area contributed by atoms with E-state index in [1.165, 1.54) is 25.3 Å². The number of hydrogen-bond acceptors (Lipinski definition) is 2. The van der Waals surface area contributed by atoms with Crippen molar-refractivity contribution in [3.8, 4) is 0 Å². The molecule has 19 heavy (non-hydrogen) atoms. The molecule has 1 aliphatic rings. The first-order valence-electron chi connectivity index (χ1n) is 7.08. The Morgan fingerprint density at radius 1 is 1.42 bits per heavy atom. The van der Waals surface area contributed by atoms with Crippen LogP contribution in [-0.2, 0) is 0 Å². The van der Waals surface area contributed by atoms with E-state index in [4.69, 9.17) is 5.73 Å². The van der Waals surface area contributed by atoms with Crippen LogP contribution in [0.15, 0.2) is 29.8 Å². The van der Waals surface area contributed by atoms with E-state index < -0.39 is 0 Å². The molecule has 0 bridgehead atoms. The first kappa shape index (κ1) is 14.2. The van der Waals surface area contributed by atoms with Gasteiger partial charge in [-0.15, -0.1) is 0 Å². The topological polar surface area (TPSA) is 38.0 Å². The highest BCUT2D eigenvalue weighted by atomic mass is 19.1. The number of allylic oxidation sites excluding steroid dienone is 1. The first-order valence-corrected chi connectivity index (χ1v) is 7.08. The second-order valence-electron chi connectivity index (χ2n) is 5.25. The fourth-order valence-electron chi connectivity index (χ4n) is 2.68. The number of halogens is 1. The van der Waals surface area contributed by atoms with Crippen LogP contribution in [0.4, 0.5) is 4.39 Å². The van der Waals surface area contributed by atoms with Gasteiger partial charge in [-0.25, -0.2) is 4.39 Å². The predicted octanol–water partition coefficient (Wildman–Crippen LogP) is 3.22. The second kappa shape index (κ2) is 6.83. The van der Waals surface area contributed by atoms with E-state index in [-0.39, 0.29) is 11.9 Å². The van der Waals surface area contributed by atoms with E-state index in [0.29, 0.717) is 6.54 Å². The van der Waals surface area contributed by atoms with Crippen LogP contribution in [-0.4, -0.2) is 13.1 Å². The lowest BCUT2D eigenvalue weighted by Crippen LogP contribution is -2.29. The average molecular weight is 262 g/mol. The van der Waals surface area contributed by atoms with E-state index >= 15 is 0 Å². The van der Waals surface area contributed by atoms with Gasteiger partial charge in [0.05, 0.1) is 0 Å². The molecule has 104 valence electrons. The number of nitrogens with one attached hydrogen (secondary N) is 1. The van der Waals surface area contributed by atoms with Crippen LogP contribution < -0.4 is 11.1 Å². The van der Waals surface area contributed by atoms with Crippen LogP contribution >= 0.6 is 0 Å². The third-order valence-electron chi connectivity index (χ3n) is 3.82. The lowest BCUT2D eigenvalue weighted by atomic mass is 10.0. The van der Waals surface area contributed by atoms with E-state index in [1.807, 2.05) is 13.0 Å². The molecule has 2 nitrogen and oxygen atoms in total. The minimum atomic E-state index is -0.195. The zero-order chi connectivity index (χ0) is 13.7. The standard InChI is InChI=1S/C16H23FN2/c1-12-6-7-14(17)10-15(12)16(11-18)19-9-8-13-4-2-3-5-13/h4,6-7,10,16,19H,2-3,5,8-9,11,18H2,1H3. The van der Waals surface area contributed by atoms with Crippen LogP contribution in [0, 0.1) is 12.7 Å². The van der Waals surface area contributed by atoms with Crippen molar-refractivity contribution < 1.29 is 4.39 Å². The molecule has 0 radical (unpaired) electrons. The Bertz CT molecular complexity index is 454. The van der Waals surface area contributed by atoms with Crippen molar-refractivity contribution in [3.05, 3.63) is 46.8 Å². The normalized spacial score (nSPS) is 16.5. The Labute approximate surface area is 114 Å². The lowest BCUT2D eigenvalue weighted by Gasteiger charge is -2.19. The molecule has 0 amide bonds. The number of hydrogen-bond donors (Lipinski definition) is 2. The Hall–Kier alpha value is -1.19. The minimum Gasteiger partial charge on any atom is -0.329 e. The zero-order valence-corrected chi connectivity index (χ0v) is 11.6. The molecule has 3 N–H and O–H groups in total. The highest BCUT2D eigenvalue weighted by Crippen LogP contribution is 2.21. The number of benzene rings is 1.